The van der Waals surface area contributed by atoms with E-state index in [2.05, 4.69) is 10.6 Å². The third-order valence-corrected chi connectivity index (χ3v) is 1.58. The number of ether oxygens (including phenoxy) is 1. The minimum atomic E-state index is -0.924. The van der Waals surface area contributed by atoms with Crippen molar-refractivity contribution in [2.75, 3.05) is 26.3 Å². The Morgan fingerprint density at radius 1 is 1.27 bits per heavy atom. The van der Waals surface area contributed by atoms with Crippen molar-refractivity contribution in [3.05, 3.63) is 0 Å². The molecule has 0 spiro atoms. The summed E-state index contributed by atoms with van der Waals surface area (Å²) in [7, 11) is 0. The second kappa shape index (κ2) is 9.26. The Bertz CT molecular complexity index is 197. The lowest BCUT2D eigenvalue weighted by Gasteiger charge is -2.06. The minimum absolute atomic E-state index is 0.0631. The molecule has 0 aliphatic heterocycles. The van der Waals surface area contributed by atoms with Crippen LogP contribution in [0.15, 0.2) is 0 Å². The summed E-state index contributed by atoms with van der Waals surface area (Å²) in [5.41, 5.74) is 0. The van der Waals surface area contributed by atoms with Gasteiger partial charge in [-0.1, -0.05) is 0 Å². The van der Waals surface area contributed by atoms with E-state index in [4.69, 9.17) is 9.84 Å². The molecule has 0 aromatic carbocycles. The highest BCUT2D eigenvalue weighted by atomic mass is 16.5. The Kier molecular flexibility index (Phi) is 8.46. The van der Waals surface area contributed by atoms with Gasteiger partial charge in [-0.05, 0) is 13.3 Å². The molecular weight excluding hydrogens is 200 g/mol. The number of hydrogen-bond acceptors (Lipinski definition) is 3. The number of carbonyl (C=O) groups excluding carboxylic acids is 1. The number of carbonyl (C=O) groups is 2. The first-order valence-electron chi connectivity index (χ1n) is 4.98. The second-order valence-corrected chi connectivity index (χ2v) is 2.88. The summed E-state index contributed by atoms with van der Waals surface area (Å²) in [6.45, 7) is 3.87. The molecule has 0 aromatic heterocycles. The van der Waals surface area contributed by atoms with Gasteiger partial charge in [0, 0.05) is 26.3 Å². The summed E-state index contributed by atoms with van der Waals surface area (Å²) >= 11 is 0. The van der Waals surface area contributed by atoms with Crippen LogP contribution in [0.25, 0.3) is 0 Å². The van der Waals surface area contributed by atoms with Gasteiger partial charge >= 0.3 is 12.0 Å². The maximum absolute atomic E-state index is 11.0. The fraction of sp³-hybridized carbons (Fsp3) is 0.778. The number of hydrogen-bond donors (Lipinski definition) is 3. The highest BCUT2D eigenvalue weighted by Crippen LogP contribution is 1.80. The van der Waals surface area contributed by atoms with Crippen molar-refractivity contribution in [2.24, 2.45) is 0 Å². The predicted octanol–water partition coefficient (Wildman–Crippen LogP) is 0.187. The molecule has 0 aromatic rings. The van der Waals surface area contributed by atoms with Crippen LogP contribution >= 0.6 is 0 Å². The number of urea groups is 1. The predicted molar refractivity (Wildman–Crippen MR) is 54.8 cm³/mol. The van der Waals surface area contributed by atoms with Gasteiger partial charge in [0.25, 0.3) is 0 Å². The average molecular weight is 218 g/mol. The Hall–Kier alpha value is -1.30. The van der Waals surface area contributed by atoms with Gasteiger partial charge in [0.2, 0.25) is 0 Å². The molecule has 0 aliphatic rings. The maximum Gasteiger partial charge on any atom is 0.314 e. The van der Waals surface area contributed by atoms with Crippen LogP contribution in [-0.2, 0) is 9.53 Å². The molecule has 0 bridgehead atoms. The molecule has 15 heavy (non-hydrogen) atoms. The lowest BCUT2D eigenvalue weighted by Crippen LogP contribution is -2.37. The molecule has 0 aliphatic carbocycles. The summed E-state index contributed by atoms with van der Waals surface area (Å²) < 4.78 is 5.08. The zero-order valence-corrected chi connectivity index (χ0v) is 8.91. The van der Waals surface area contributed by atoms with Crippen LogP contribution in [-0.4, -0.2) is 43.4 Å². The highest BCUT2D eigenvalue weighted by Gasteiger charge is 2.00. The van der Waals surface area contributed by atoms with Crippen LogP contribution in [0, 0.1) is 0 Å². The molecule has 2 amide bonds. The molecule has 0 heterocycles. The lowest BCUT2D eigenvalue weighted by molar-refractivity contribution is -0.136. The first-order chi connectivity index (χ1) is 7.16. The van der Waals surface area contributed by atoms with Gasteiger partial charge in [0.1, 0.15) is 0 Å². The Labute approximate surface area is 89.0 Å². The molecule has 0 rings (SSSR count). The third-order valence-electron chi connectivity index (χ3n) is 1.58. The minimum Gasteiger partial charge on any atom is -0.481 e. The highest BCUT2D eigenvalue weighted by molar-refractivity contribution is 5.74. The number of aliphatic carboxylic acids is 1. The molecule has 6 heteroatoms. The van der Waals surface area contributed by atoms with E-state index in [-0.39, 0.29) is 19.0 Å². The SMILES string of the molecule is CCOCCCNC(=O)NCCC(=O)O. The molecule has 0 atom stereocenters. The normalized spacial score (nSPS) is 9.67. The summed E-state index contributed by atoms with van der Waals surface area (Å²) in [4.78, 5) is 21.1. The number of nitrogens with one attached hydrogen (secondary N) is 2. The summed E-state index contributed by atoms with van der Waals surface area (Å²) in [5, 5.41) is 13.3. The van der Waals surface area contributed by atoms with Crippen LogP contribution in [0.2, 0.25) is 0 Å². The van der Waals surface area contributed by atoms with Crippen molar-refractivity contribution < 1.29 is 19.4 Å². The van der Waals surface area contributed by atoms with Crippen LogP contribution in [0.5, 0.6) is 0 Å². The van der Waals surface area contributed by atoms with E-state index in [1.165, 1.54) is 0 Å². The van der Waals surface area contributed by atoms with Gasteiger partial charge < -0.3 is 20.5 Å². The maximum atomic E-state index is 11.0. The molecule has 6 nitrogen and oxygen atoms in total. The van der Waals surface area contributed by atoms with E-state index in [0.717, 1.165) is 6.42 Å². The molecule has 3 N–H and O–H groups in total. The van der Waals surface area contributed by atoms with Gasteiger partial charge in [-0.15, -0.1) is 0 Å². The fourth-order valence-corrected chi connectivity index (χ4v) is 0.866. The topological polar surface area (TPSA) is 87.7 Å². The first kappa shape index (κ1) is 13.7. The molecular formula is C9H18N2O4. The van der Waals surface area contributed by atoms with Gasteiger partial charge in [-0.25, -0.2) is 4.79 Å². The van der Waals surface area contributed by atoms with Crippen molar-refractivity contribution in [1.29, 1.82) is 0 Å². The van der Waals surface area contributed by atoms with Crippen molar-refractivity contribution in [2.45, 2.75) is 19.8 Å². The standard InChI is InChI=1S/C9H18N2O4/c1-2-15-7-3-5-10-9(14)11-6-4-8(12)13/h2-7H2,1H3,(H,12,13)(H2,10,11,14). The molecule has 0 saturated carbocycles. The first-order valence-corrected chi connectivity index (χ1v) is 4.98. The van der Waals surface area contributed by atoms with E-state index >= 15 is 0 Å². The Balaban J connectivity index is 3.22. The van der Waals surface area contributed by atoms with Crippen molar-refractivity contribution >= 4 is 12.0 Å². The van der Waals surface area contributed by atoms with Gasteiger partial charge in [-0.2, -0.15) is 0 Å². The van der Waals surface area contributed by atoms with Crippen LogP contribution in [0.4, 0.5) is 4.79 Å². The lowest BCUT2D eigenvalue weighted by atomic mass is 10.4. The van der Waals surface area contributed by atoms with Crippen LogP contribution in [0.1, 0.15) is 19.8 Å². The van der Waals surface area contributed by atoms with E-state index in [1.54, 1.807) is 0 Å². The van der Waals surface area contributed by atoms with E-state index in [1.807, 2.05) is 6.92 Å². The quantitative estimate of drug-likeness (QED) is 0.507. The summed E-state index contributed by atoms with van der Waals surface area (Å²) in [6.07, 6.45) is 0.687. The average Bonchev–Trinajstić information content (AvgIpc) is 2.17. The van der Waals surface area contributed by atoms with Gasteiger partial charge in [-0.3, -0.25) is 4.79 Å². The number of carboxylic acids is 1. The molecule has 88 valence electrons. The molecule has 0 fully saturated rings. The van der Waals surface area contributed by atoms with Crippen LogP contribution < -0.4 is 10.6 Å². The third kappa shape index (κ3) is 10.6. The van der Waals surface area contributed by atoms with E-state index < -0.39 is 5.97 Å². The van der Waals surface area contributed by atoms with Crippen molar-refractivity contribution in [1.82, 2.24) is 10.6 Å². The fourth-order valence-electron chi connectivity index (χ4n) is 0.866. The smallest absolute Gasteiger partial charge is 0.314 e. The number of rotatable bonds is 8. The van der Waals surface area contributed by atoms with E-state index in [0.29, 0.717) is 19.8 Å². The van der Waals surface area contributed by atoms with E-state index in [9.17, 15) is 9.59 Å². The summed E-state index contributed by atoms with van der Waals surface area (Å²) in [6, 6.07) is -0.340. The summed E-state index contributed by atoms with van der Waals surface area (Å²) in [5.74, 6) is -0.924. The van der Waals surface area contributed by atoms with Gasteiger partial charge in [0.05, 0.1) is 6.42 Å². The number of amides is 2. The molecule has 0 saturated heterocycles. The zero-order valence-electron chi connectivity index (χ0n) is 8.91. The Morgan fingerprint density at radius 3 is 2.53 bits per heavy atom. The zero-order chi connectivity index (χ0) is 11.5. The van der Waals surface area contributed by atoms with Crippen LogP contribution in [0.3, 0.4) is 0 Å². The molecule has 0 unspecified atom stereocenters. The Morgan fingerprint density at radius 2 is 1.93 bits per heavy atom. The largest absolute Gasteiger partial charge is 0.481 e. The monoisotopic (exact) mass is 218 g/mol. The van der Waals surface area contributed by atoms with Crippen molar-refractivity contribution in [3.63, 3.8) is 0 Å². The molecule has 0 radical (unpaired) electrons. The second-order valence-electron chi connectivity index (χ2n) is 2.88. The van der Waals surface area contributed by atoms with Crippen molar-refractivity contribution in [3.8, 4) is 0 Å². The number of carboxylic acid groups (broad SMARTS) is 1. The van der Waals surface area contributed by atoms with Gasteiger partial charge in [0.15, 0.2) is 0 Å².